The molecular formula is C21H23N5O2. The molecule has 28 heavy (non-hydrogen) atoms. The summed E-state index contributed by atoms with van der Waals surface area (Å²) in [5, 5.41) is 5.52. The lowest BCUT2D eigenvalue weighted by molar-refractivity contribution is 0.0740. The molecule has 2 aromatic heterocycles. The van der Waals surface area contributed by atoms with Gasteiger partial charge in [-0.1, -0.05) is 18.2 Å². The molecule has 1 aliphatic rings. The van der Waals surface area contributed by atoms with Crippen LogP contribution < -0.4 is 10.5 Å². The second kappa shape index (κ2) is 7.42. The highest BCUT2D eigenvalue weighted by atomic mass is 16.2. The number of amides is 1. The minimum Gasteiger partial charge on any atom is -0.353 e. The topological polar surface area (TPSA) is 71.3 Å². The van der Waals surface area contributed by atoms with E-state index in [0.717, 1.165) is 5.82 Å². The Hall–Kier alpha value is -3.22. The molecular weight excluding hydrogens is 354 g/mol. The smallest absolute Gasteiger partial charge is 0.275 e. The summed E-state index contributed by atoms with van der Waals surface area (Å²) < 4.78 is 1.36. The van der Waals surface area contributed by atoms with Crippen molar-refractivity contribution in [3.63, 3.8) is 0 Å². The van der Waals surface area contributed by atoms with Crippen LogP contribution in [0.15, 0.2) is 47.4 Å². The lowest BCUT2D eigenvalue weighted by Crippen LogP contribution is -2.49. The number of aryl methyl sites for hydroxylation is 2. The van der Waals surface area contributed by atoms with Gasteiger partial charge in [0, 0.05) is 44.3 Å². The van der Waals surface area contributed by atoms with Crippen molar-refractivity contribution >= 4 is 22.5 Å². The monoisotopic (exact) mass is 377 g/mol. The summed E-state index contributed by atoms with van der Waals surface area (Å²) in [6.45, 7) is 6.94. The average Bonchev–Trinajstić information content (AvgIpc) is 2.74. The third kappa shape index (κ3) is 3.24. The summed E-state index contributed by atoms with van der Waals surface area (Å²) in [7, 11) is 0. The van der Waals surface area contributed by atoms with Crippen LogP contribution >= 0.6 is 0 Å². The maximum atomic E-state index is 13.2. The zero-order valence-corrected chi connectivity index (χ0v) is 16.1. The lowest BCUT2D eigenvalue weighted by Gasteiger charge is -2.35. The second-order valence-corrected chi connectivity index (χ2v) is 6.99. The number of hydrogen-bond acceptors (Lipinski definition) is 5. The largest absolute Gasteiger partial charge is 0.353 e. The predicted molar refractivity (Wildman–Crippen MR) is 109 cm³/mol. The molecule has 0 unspecified atom stereocenters. The highest BCUT2D eigenvalue weighted by Crippen LogP contribution is 2.18. The number of nitrogens with zero attached hydrogens (tertiary/aromatic N) is 5. The van der Waals surface area contributed by atoms with Crippen molar-refractivity contribution in [3.8, 4) is 0 Å². The number of carbonyl (C=O) groups excluding carboxylic acids is 1. The number of rotatable bonds is 3. The summed E-state index contributed by atoms with van der Waals surface area (Å²) >= 11 is 0. The Morgan fingerprint density at radius 1 is 1.07 bits per heavy atom. The van der Waals surface area contributed by atoms with E-state index >= 15 is 0 Å². The molecule has 0 bridgehead atoms. The highest BCUT2D eigenvalue weighted by Gasteiger charge is 2.26. The Kier molecular flexibility index (Phi) is 4.81. The Balaban J connectivity index is 1.59. The molecule has 1 aromatic carbocycles. The first-order valence-electron chi connectivity index (χ1n) is 9.55. The molecule has 3 aromatic rings. The normalized spacial score (nSPS) is 14.5. The minimum atomic E-state index is -0.162. The van der Waals surface area contributed by atoms with E-state index in [1.54, 1.807) is 12.1 Å². The molecule has 4 rings (SSSR count). The summed E-state index contributed by atoms with van der Waals surface area (Å²) in [4.78, 5) is 34.1. The lowest BCUT2D eigenvalue weighted by atomic mass is 10.1. The first-order valence-corrected chi connectivity index (χ1v) is 9.55. The first-order chi connectivity index (χ1) is 13.6. The molecule has 3 heterocycles. The third-order valence-corrected chi connectivity index (χ3v) is 5.16. The van der Waals surface area contributed by atoms with E-state index in [2.05, 4.69) is 21.0 Å². The van der Waals surface area contributed by atoms with Gasteiger partial charge < -0.3 is 9.80 Å². The molecule has 1 aliphatic heterocycles. The molecule has 0 N–H and O–H groups in total. The van der Waals surface area contributed by atoms with Crippen LogP contribution in [-0.2, 0) is 6.54 Å². The van der Waals surface area contributed by atoms with Crippen LogP contribution in [0, 0.1) is 6.92 Å². The fourth-order valence-electron chi connectivity index (χ4n) is 3.59. The summed E-state index contributed by atoms with van der Waals surface area (Å²) in [6.07, 6.45) is 1.81. The van der Waals surface area contributed by atoms with Crippen LogP contribution in [0.4, 0.5) is 5.82 Å². The molecule has 7 heteroatoms. The summed E-state index contributed by atoms with van der Waals surface area (Å²) in [5.74, 6) is 0.811. The van der Waals surface area contributed by atoms with Crippen LogP contribution in [-0.4, -0.2) is 51.8 Å². The number of benzene rings is 1. The number of carbonyl (C=O) groups is 1. The van der Waals surface area contributed by atoms with E-state index in [4.69, 9.17) is 0 Å². The van der Waals surface area contributed by atoms with Crippen molar-refractivity contribution in [2.75, 3.05) is 31.1 Å². The fourth-order valence-corrected chi connectivity index (χ4v) is 3.59. The Labute approximate surface area is 163 Å². The van der Waals surface area contributed by atoms with Gasteiger partial charge in [-0.3, -0.25) is 9.59 Å². The number of pyridine rings is 1. The van der Waals surface area contributed by atoms with Gasteiger partial charge in [-0.2, -0.15) is 5.10 Å². The molecule has 1 amide bonds. The molecule has 1 fully saturated rings. The molecule has 0 atom stereocenters. The average molecular weight is 377 g/mol. The van der Waals surface area contributed by atoms with Crippen molar-refractivity contribution in [3.05, 3.63) is 64.2 Å². The van der Waals surface area contributed by atoms with Gasteiger partial charge >= 0.3 is 0 Å². The third-order valence-electron chi connectivity index (χ3n) is 5.16. The number of hydrogen-bond donors (Lipinski definition) is 0. The molecule has 0 spiro atoms. The standard InChI is InChI=1S/C21H23N5O2/c1-3-26-20(27)17-7-5-4-6-16(17)19(23-26)21(28)25-12-10-24(11-13-25)18-14-15(2)8-9-22-18/h4-9,14H,3,10-13H2,1-2H3. The Bertz CT molecular complexity index is 1080. The van der Waals surface area contributed by atoms with Crippen molar-refractivity contribution in [2.24, 2.45) is 0 Å². The van der Waals surface area contributed by atoms with Gasteiger partial charge in [0.2, 0.25) is 0 Å². The number of aromatic nitrogens is 3. The highest BCUT2D eigenvalue weighted by molar-refractivity contribution is 6.04. The van der Waals surface area contributed by atoms with Gasteiger partial charge in [-0.15, -0.1) is 0 Å². The van der Waals surface area contributed by atoms with E-state index in [1.807, 2.05) is 43.1 Å². The predicted octanol–water partition coefficient (Wildman–Crippen LogP) is 2.08. The Morgan fingerprint density at radius 3 is 2.46 bits per heavy atom. The van der Waals surface area contributed by atoms with Crippen LogP contribution in [0.25, 0.3) is 10.8 Å². The van der Waals surface area contributed by atoms with E-state index in [0.29, 0.717) is 49.2 Å². The van der Waals surface area contributed by atoms with Gasteiger partial charge in [0.1, 0.15) is 5.82 Å². The quantitative estimate of drug-likeness (QED) is 0.699. The van der Waals surface area contributed by atoms with Crippen LogP contribution in [0.5, 0.6) is 0 Å². The number of piperazine rings is 1. The maximum Gasteiger partial charge on any atom is 0.275 e. The number of anilines is 1. The van der Waals surface area contributed by atoms with Gasteiger partial charge in [0.05, 0.1) is 5.39 Å². The van der Waals surface area contributed by atoms with E-state index in [1.165, 1.54) is 10.2 Å². The van der Waals surface area contributed by atoms with Crippen molar-refractivity contribution < 1.29 is 4.79 Å². The minimum absolute atomic E-state index is 0.129. The molecule has 0 saturated carbocycles. The zero-order chi connectivity index (χ0) is 19.7. The summed E-state index contributed by atoms with van der Waals surface area (Å²) in [6, 6.07) is 11.2. The molecule has 144 valence electrons. The number of fused-ring (bicyclic) bond motifs is 1. The zero-order valence-electron chi connectivity index (χ0n) is 16.1. The SMILES string of the molecule is CCn1nc(C(=O)N2CCN(c3cc(C)ccn3)CC2)c2ccccc2c1=O. The fraction of sp³-hybridized carbons (Fsp3) is 0.333. The van der Waals surface area contributed by atoms with Crippen LogP contribution in [0.2, 0.25) is 0 Å². The molecule has 1 saturated heterocycles. The Morgan fingerprint density at radius 2 is 1.79 bits per heavy atom. The maximum absolute atomic E-state index is 13.2. The summed E-state index contributed by atoms with van der Waals surface area (Å²) in [5.41, 5.74) is 1.35. The molecule has 7 nitrogen and oxygen atoms in total. The van der Waals surface area contributed by atoms with Crippen molar-refractivity contribution in [1.29, 1.82) is 0 Å². The van der Waals surface area contributed by atoms with Gasteiger partial charge in [0.25, 0.3) is 11.5 Å². The second-order valence-electron chi connectivity index (χ2n) is 6.99. The van der Waals surface area contributed by atoms with E-state index in [9.17, 15) is 9.59 Å². The van der Waals surface area contributed by atoms with Crippen molar-refractivity contribution in [2.45, 2.75) is 20.4 Å². The van der Waals surface area contributed by atoms with Crippen LogP contribution in [0.1, 0.15) is 23.0 Å². The van der Waals surface area contributed by atoms with E-state index in [-0.39, 0.29) is 11.5 Å². The van der Waals surface area contributed by atoms with Crippen LogP contribution in [0.3, 0.4) is 0 Å². The molecule has 0 radical (unpaired) electrons. The van der Waals surface area contributed by atoms with E-state index < -0.39 is 0 Å². The molecule has 0 aliphatic carbocycles. The van der Waals surface area contributed by atoms with Gasteiger partial charge in [-0.05, 0) is 37.6 Å². The van der Waals surface area contributed by atoms with Gasteiger partial charge in [0.15, 0.2) is 5.69 Å². The van der Waals surface area contributed by atoms with Gasteiger partial charge in [-0.25, -0.2) is 9.67 Å². The first kappa shape index (κ1) is 18.2. The van der Waals surface area contributed by atoms with Crippen molar-refractivity contribution in [1.82, 2.24) is 19.7 Å².